The summed E-state index contributed by atoms with van der Waals surface area (Å²) in [5.74, 6) is 0. The van der Waals surface area contributed by atoms with Crippen LogP contribution in [0.25, 0.3) is 21.5 Å². The molecule has 0 aliphatic carbocycles. The van der Waals surface area contributed by atoms with Crippen molar-refractivity contribution in [3.8, 4) is 0 Å². The standard InChI is InChI=1S/2C9H7.C6H5N.2ClH.Hf/c2*1-2-5-9-7-3-6-8(9)4-1;7-6-4-2-1-3-5-6;;;/h2*1-7H;1-5H;2*1H;/q2*-1;;;;+2/p-2. The Morgan fingerprint density at radius 3 is 1.50 bits per heavy atom. The Balaban J connectivity index is 0.000000121. The first kappa shape index (κ1) is 20.9. The van der Waals surface area contributed by atoms with Gasteiger partial charge in [-0.15, -0.1) is 59.3 Å². The van der Waals surface area contributed by atoms with E-state index in [2.05, 4.69) is 87.8 Å². The van der Waals surface area contributed by atoms with E-state index in [1.807, 2.05) is 30.3 Å². The molecule has 0 unspecified atom stereocenters. The summed E-state index contributed by atoms with van der Waals surface area (Å²) in [6.45, 7) is 0. The molecule has 0 fully saturated rings. The Morgan fingerprint density at radius 2 is 1.04 bits per heavy atom. The van der Waals surface area contributed by atoms with Crippen LogP contribution >= 0.6 is 17.2 Å². The molecule has 0 aromatic heterocycles. The summed E-state index contributed by atoms with van der Waals surface area (Å²) in [7, 11) is 11.2. The molecule has 5 aromatic rings. The minimum atomic E-state index is -2.45. The van der Waals surface area contributed by atoms with Crippen molar-refractivity contribution in [3.05, 3.63) is 115 Å². The van der Waals surface area contributed by atoms with Gasteiger partial charge in [0, 0.05) is 0 Å². The number of hydrogen-bond acceptors (Lipinski definition) is 1. The summed E-state index contributed by atoms with van der Waals surface area (Å²) >= 11 is -2.45. The number of benzene rings is 3. The number of nitrogens with zero attached hydrogens (tertiary/aromatic N) is 1. The molecule has 1 nitrogen and oxygen atoms in total. The summed E-state index contributed by atoms with van der Waals surface area (Å²) in [5.41, 5.74) is 0.898. The molecule has 0 spiro atoms. The van der Waals surface area contributed by atoms with Gasteiger partial charge in [0.25, 0.3) is 0 Å². The fraction of sp³-hybridized carbons (Fsp3) is 0. The minimum absolute atomic E-state index is 0.898. The van der Waals surface area contributed by atoms with Crippen molar-refractivity contribution in [1.29, 1.82) is 0 Å². The Labute approximate surface area is 180 Å². The predicted molar refractivity (Wildman–Crippen MR) is 119 cm³/mol. The van der Waals surface area contributed by atoms with Crippen LogP contribution in [-0.4, -0.2) is 0 Å². The van der Waals surface area contributed by atoms with E-state index < -0.39 is 18.9 Å². The Morgan fingerprint density at radius 1 is 0.571 bits per heavy atom. The van der Waals surface area contributed by atoms with E-state index in [1.165, 1.54) is 21.5 Å². The monoisotopic (exact) mass is 571 g/mol. The van der Waals surface area contributed by atoms with E-state index in [4.69, 9.17) is 17.2 Å². The van der Waals surface area contributed by atoms with Gasteiger partial charge in [0.2, 0.25) is 0 Å². The van der Waals surface area contributed by atoms with E-state index in [9.17, 15) is 0 Å². The predicted octanol–water partition coefficient (Wildman–Crippen LogP) is 8.54. The molecule has 5 rings (SSSR count). The van der Waals surface area contributed by atoms with Gasteiger partial charge < -0.3 is 0 Å². The van der Waals surface area contributed by atoms with Crippen molar-refractivity contribution >= 4 is 44.4 Å². The maximum absolute atomic E-state index is 5.62. The van der Waals surface area contributed by atoms with Gasteiger partial charge in [-0.1, -0.05) is 12.1 Å². The van der Waals surface area contributed by atoms with Crippen LogP contribution < -0.4 is 0 Å². The SMILES string of the molecule is [Cl][Hf]([Cl])=[N]c1ccccc1.c1ccc2[cH-]ccc2c1.c1ccc2[cH-]ccc2c1. The minimum Gasteiger partial charge on any atom is -0.168 e. The normalized spacial score (nSPS) is 9.79. The molecular weight excluding hydrogens is 552 g/mol. The van der Waals surface area contributed by atoms with E-state index in [1.54, 1.807) is 0 Å². The third-order valence-corrected chi connectivity index (χ3v) is 6.98. The number of rotatable bonds is 1. The first-order valence-electron chi connectivity index (χ1n) is 8.88. The molecular formula is C24H19Cl2HfN-2. The van der Waals surface area contributed by atoms with Crippen LogP contribution in [0.2, 0.25) is 0 Å². The molecule has 0 saturated carbocycles. The summed E-state index contributed by atoms with van der Waals surface area (Å²) < 4.78 is 4.10. The zero-order valence-electron chi connectivity index (χ0n) is 15.2. The van der Waals surface area contributed by atoms with Gasteiger partial charge in [-0.05, 0) is 0 Å². The summed E-state index contributed by atoms with van der Waals surface area (Å²) in [6.07, 6.45) is 0. The van der Waals surface area contributed by atoms with Crippen molar-refractivity contribution < 1.29 is 18.9 Å². The second-order valence-electron chi connectivity index (χ2n) is 6.00. The average molecular weight is 571 g/mol. The Kier molecular flexibility index (Phi) is 8.35. The number of halogens is 2. The largest absolute Gasteiger partial charge is 0.168 e. The van der Waals surface area contributed by atoms with Gasteiger partial charge in [0.1, 0.15) is 0 Å². The summed E-state index contributed by atoms with van der Waals surface area (Å²) in [6, 6.07) is 38.9. The van der Waals surface area contributed by atoms with Crippen LogP contribution in [0.15, 0.2) is 118 Å². The molecule has 4 heteroatoms. The van der Waals surface area contributed by atoms with Crippen LogP contribution in [0, 0.1) is 0 Å². The third-order valence-electron chi connectivity index (χ3n) is 4.06. The average Bonchev–Trinajstić information content (AvgIpc) is 3.38. The van der Waals surface area contributed by atoms with Gasteiger partial charge in [0.15, 0.2) is 0 Å². The molecule has 0 amide bonds. The summed E-state index contributed by atoms with van der Waals surface area (Å²) in [4.78, 5) is 0. The fourth-order valence-corrected chi connectivity index (χ4v) is 5.57. The first-order valence-corrected chi connectivity index (χ1v) is 19.4. The zero-order chi connectivity index (χ0) is 19.6. The van der Waals surface area contributed by atoms with Gasteiger partial charge in [0.05, 0.1) is 0 Å². The summed E-state index contributed by atoms with van der Waals surface area (Å²) in [5, 5.41) is 5.32. The van der Waals surface area contributed by atoms with Gasteiger partial charge >= 0.3 is 75.0 Å². The van der Waals surface area contributed by atoms with E-state index >= 15 is 0 Å². The van der Waals surface area contributed by atoms with Crippen LogP contribution in [0.3, 0.4) is 0 Å². The van der Waals surface area contributed by atoms with Gasteiger partial charge in [-0.25, -0.2) is 0 Å². The molecule has 0 bridgehead atoms. The van der Waals surface area contributed by atoms with E-state index in [0.29, 0.717) is 0 Å². The molecule has 140 valence electrons. The van der Waals surface area contributed by atoms with Crippen molar-refractivity contribution in [2.24, 2.45) is 2.92 Å². The molecule has 5 aromatic carbocycles. The van der Waals surface area contributed by atoms with Crippen molar-refractivity contribution in [2.45, 2.75) is 0 Å². The molecule has 0 saturated heterocycles. The van der Waals surface area contributed by atoms with Crippen molar-refractivity contribution in [1.82, 2.24) is 0 Å². The van der Waals surface area contributed by atoms with E-state index in [0.717, 1.165) is 5.69 Å². The molecule has 0 aliphatic heterocycles. The van der Waals surface area contributed by atoms with Crippen molar-refractivity contribution in [3.63, 3.8) is 0 Å². The topological polar surface area (TPSA) is 12.4 Å². The Hall–Kier alpha value is -1.87. The van der Waals surface area contributed by atoms with Gasteiger partial charge in [-0.3, -0.25) is 0 Å². The van der Waals surface area contributed by atoms with E-state index in [-0.39, 0.29) is 0 Å². The first-order chi connectivity index (χ1) is 13.7. The molecule has 0 N–H and O–H groups in total. The smallest absolute Gasteiger partial charge is 0.0809 e. The zero-order valence-corrected chi connectivity index (χ0v) is 20.3. The van der Waals surface area contributed by atoms with Gasteiger partial charge in [-0.2, -0.15) is 35.0 Å². The molecule has 28 heavy (non-hydrogen) atoms. The van der Waals surface area contributed by atoms with Crippen LogP contribution in [0.4, 0.5) is 5.69 Å². The fourth-order valence-electron chi connectivity index (χ4n) is 2.74. The number of hydrogen-bond donors (Lipinski definition) is 0. The molecule has 0 radical (unpaired) electrons. The van der Waals surface area contributed by atoms with Crippen molar-refractivity contribution in [2.75, 3.05) is 0 Å². The molecule has 0 atom stereocenters. The number of fused-ring (bicyclic) bond motifs is 2. The van der Waals surface area contributed by atoms with Crippen LogP contribution in [0.5, 0.6) is 0 Å². The second-order valence-corrected chi connectivity index (χ2v) is 16.0. The Bertz CT molecular complexity index is 1010. The maximum atomic E-state index is 5.62. The quantitative estimate of drug-likeness (QED) is 0.141. The molecule has 0 aliphatic rings. The third kappa shape index (κ3) is 6.63. The van der Waals surface area contributed by atoms with Crippen LogP contribution in [-0.2, 0) is 18.9 Å². The maximum Gasteiger partial charge on any atom is -0.0809 e. The van der Waals surface area contributed by atoms with Crippen LogP contribution in [0.1, 0.15) is 0 Å². The molecule has 0 heterocycles. The second kappa shape index (κ2) is 11.2.